The van der Waals surface area contributed by atoms with Gasteiger partial charge in [-0.05, 0) is 38.1 Å². The lowest BCUT2D eigenvalue weighted by molar-refractivity contribution is 0.172. The van der Waals surface area contributed by atoms with Gasteiger partial charge in [-0.25, -0.2) is 0 Å². The van der Waals surface area contributed by atoms with Crippen LogP contribution in [0.1, 0.15) is 19.3 Å². The summed E-state index contributed by atoms with van der Waals surface area (Å²) in [4.78, 5) is 2.53. The molecule has 0 spiro atoms. The van der Waals surface area contributed by atoms with Gasteiger partial charge in [0, 0.05) is 13.1 Å². The van der Waals surface area contributed by atoms with Crippen LogP contribution in [0.3, 0.4) is 0 Å². The number of benzene rings is 1. The maximum absolute atomic E-state index is 5.70. The summed E-state index contributed by atoms with van der Waals surface area (Å²) in [6, 6.07) is 6.03. The van der Waals surface area contributed by atoms with Crippen molar-refractivity contribution in [3.05, 3.63) is 18.2 Å². The summed E-state index contributed by atoms with van der Waals surface area (Å²) in [5, 5.41) is 3.47. The highest BCUT2D eigenvalue weighted by Crippen LogP contribution is 2.37. The second-order valence-corrected chi connectivity index (χ2v) is 5.16. The van der Waals surface area contributed by atoms with Crippen molar-refractivity contribution in [1.82, 2.24) is 4.90 Å². The summed E-state index contributed by atoms with van der Waals surface area (Å²) < 4.78 is 11.3. The Kier molecular flexibility index (Phi) is 4.08. The molecule has 0 aromatic heterocycles. The fourth-order valence-electron chi connectivity index (χ4n) is 2.74. The quantitative estimate of drug-likeness (QED) is 0.903. The smallest absolute Gasteiger partial charge is 0.184 e. The molecule has 0 bridgehead atoms. The Labute approximate surface area is 114 Å². The van der Waals surface area contributed by atoms with Crippen LogP contribution < -0.4 is 14.8 Å². The maximum Gasteiger partial charge on any atom is 0.184 e. The molecule has 3 rings (SSSR count). The van der Waals surface area contributed by atoms with Crippen LogP contribution >= 0.6 is 0 Å². The van der Waals surface area contributed by atoms with Crippen LogP contribution in [0.2, 0.25) is 0 Å². The minimum absolute atomic E-state index is 0.637. The lowest BCUT2D eigenvalue weighted by atomic mass is 10.1. The molecule has 1 saturated heterocycles. The van der Waals surface area contributed by atoms with Gasteiger partial charge in [0.05, 0.1) is 5.69 Å². The number of hydrogen-bond donors (Lipinski definition) is 1. The Balaban J connectivity index is 1.54. The molecule has 0 radical (unpaired) electrons. The molecule has 4 nitrogen and oxygen atoms in total. The van der Waals surface area contributed by atoms with Crippen LogP contribution in [0.25, 0.3) is 0 Å². The predicted octanol–water partition coefficient (Wildman–Crippen LogP) is 2.36. The number of likely N-dealkylation sites (tertiary alicyclic amines) is 1. The van der Waals surface area contributed by atoms with E-state index in [-0.39, 0.29) is 0 Å². The number of ether oxygens (including phenoxy) is 2. The average Bonchev–Trinajstić information content (AvgIpc) is 2.49. The monoisotopic (exact) mass is 262 g/mol. The first-order chi connectivity index (χ1) is 9.43. The van der Waals surface area contributed by atoms with E-state index in [2.05, 4.69) is 16.3 Å². The van der Waals surface area contributed by atoms with Gasteiger partial charge in [0.25, 0.3) is 0 Å². The van der Waals surface area contributed by atoms with Crippen molar-refractivity contribution in [3.63, 3.8) is 0 Å². The van der Waals surface area contributed by atoms with E-state index in [1.165, 1.54) is 32.4 Å². The lowest BCUT2D eigenvalue weighted by Crippen LogP contribution is -2.33. The molecule has 104 valence electrons. The van der Waals surface area contributed by atoms with E-state index in [9.17, 15) is 0 Å². The van der Waals surface area contributed by atoms with Crippen LogP contribution in [0.4, 0.5) is 5.69 Å². The fourth-order valence-corrected chi connectivity index (χ4v) is 2.74. The lowest BCUT2D eigenvalue weighted by Gasteiger charge is -2.27. The molecule has 0 saturated carbocycles. The van der Waals surface area contributed by atoms with Crippen LogP contribution in [0.5, 0.6) is 11.5 Å². The Morgan fingerprint density at radius 2 is 1.89 bits per heavy atom. The number of fused-ring (bicyclic) bond motifs is 1. The largest absolute Gasteiger partial charge is 0.486 e. The first kappa shape index (κ1) is 12.6. The summed E-state index contributed by atoms with van der Waals surface area (Å²) in [5.41, 5.74) is 1.05. The van der Waals surface area contributed by atoms with Crippen LogP contribution in [-0.2, 0) is 0 Å². The molecule has 2 aliphatic heterocycles. The van der Waals surface area contributed by atoms with Gasteiger partial charge in [-0.1, -0.05) is 12.5 Å². The van der Waals surface area contributed by atoms with Gasteiger partial charge in [-0.15, -0.1) is 0 Å². The topological polar surface area (TPSA) is 33.7 Å². The Morgan fingerprint density at radius 3 is 2.79 bits per heavy atom. The van der Waals surface area contributed by atoms with E-state index in [1.54, 1.807) is 0 Å². The van der Waals surface area contributed by atoms with Crippen molar-refractivity contribution < 1.29 is 9.47 Å². The van der Waals surface area contributed by atoms with E-state index in [4.69, 9.17) is 9.47 Å². The van der Waals surface area contributed by atoms with E-state index < -0.39 is 0 Å². The second-order valence-electron chi connectivity index (χ2n) is 5.16. The van der Waals surface area contributed by atoms with Gasteiger partial charge in [0.2, 0.25) is 0 Å². The Morgan fingerprint density at radius 1 is 1.05 bits per heavy atom. The van der Waals surface area contributed by atoms with E-state index in [0.29, 0.717) is 13.2 Å². The fraction of sp³-hybridized carbons (Fsp3) is 0.600. The number of nitrogens with zero attached hydrogens (tertiary/aromatic N) is 1. The van der Waals surface area contributed by atoms with Crippen molar-refractivity contribution >= 4 is 5.69 Å². The third kappa shape index (κ3) is 3.13. The maximum atomic E-state index is 5.70. The summed E-state index contributed by atoms with van der Waals surface area (Å²) in [6.07, 6.45) is 4.08. The molecule has 4 heteroatoms. The number of piperidine rings is 1. The number of rotatable bonds is 4. The second kappa shape index (κ2) is 6.15. The molecule has 2 aliphatic rings. The van der Waals surface area contributed by atoms with Crippen molar-refractivity contribution in [2.75, 3.05) is 44.7 Å². The molecule has 1 fully saturated rings. The van der Waals surface area contributed by atoms with Gasteiger partial charge in [0.15, 0.2) is 11.5 Å². The summed E-state index contributed by atoms with van der Waals surface area (Å²) in [6.45, 7) is 5.83. The highest BCUT2D eigenvalue weighted by Gasteiger charge is 2.15. The van der Waals surface area contributed by atoms with Gasteiger partial charge in [0.1, 0.15) is 13.2 Å². The molecule has 2 heterocycles. The van der Waals surface area contributed by atoms with Crippen LogP contribution in [0.15, 0.2) is 18.2 Å². The molecule has 1 N–H and O–H groups in total. The van der Waals surface area contributed by atoms with Crippen molar-refractivity contribution in [2.45, 2.75) is 19.3 Å². The third-order valence-electron chi connectivity index (χ3n) is 3.76. The SMILES string of the molecule is c1cc(NCCN2CCCCC2)c2c(c1)OCCO2. The standard InChI is InChI=1S/C15H22N2O2/c1-2-8-17(9-3-1)10-7-16-13-5-4-6-14-15(13)19-12-11-18-14/h4-6,16H,1-3,7-12H2. The zero-order valence-corrected chi connectivity index (χ0v) is 11.4. The zero-order valence-electron chi connectivity index (χ0n) is 11.4. The van der Waals surface area contributed by atoms with Crippen molar-refractivity contribution in [3.8, 4) is 11.5 Å². The van der Waals surface area contributed by atoms with Gasteiger partial charge >= 0.3 is 0 Å². The predicted molar refractivity (Wildman–Crippen MR) is 76.2 cm³/mol. The number of anilines is 1. The van der Waals surface area contributed by atoms with E-state index in [1.807, 2.05) is 12.1 Å². The van der Waals surface area contributed by atoms with Crippen molar-refractivity contribution in [2.24, 2.45) is 0 Å². The molecule has 0 amide bonds. The number of nitrogens with one attached hydrogen (secondary N) is 1. The molecular weight excluding hydrogens is 240 g/mol. The Bertz CT molecular complexity index is 417. The molecule has 1 aromatic rings. The molecule has 1 aromatic carbocycles. The van der Waals surface area contributed by atoms with Crippen molar-refractivity contribution in [1.29, 1.82) is 0 Å². The summed E-state index contributed by atoms with van der Waals surface area (Å²) in [7, 11) is 0. The van der Waals surface area contributed by atoms with Crippen LogP contribution in [0, 0.1) is 0 Å². The molecule has 0 unspecified atom stereocenters. The zero-order chi connectivity index (χ0) is 12.9. The van der Waals surface area contributed by atoms with Gasteiger partial charge < -0.3 is 19.7 Å². The molecule has 0 atom stereocenters. The third-order valence-corrected chi connectivity index (χ3v) is 3.76. The summed E-state index contributed by atoms with van der Waals surface area (Å²) >= 11 is 0. The molecule has 19 heavy (non-hydrogen) atoms. The first-order valence-corrected chi connectivity index (χ1v) is 7.28. The van der Waals surface area contributed by atoms with Crippen LogP contribution in [-0.4, -0.2) is 44.3 Å². The minimum atomic E-state index is 0.637. The van der Waals surface area contributed by atoms with Gasteiger partial charge in [-0.3, -0.25) is 0 Å². The number of hydrogen-bond acceptors (Lipinski definition) is 4. The normalized spacial score (nSPS) is 19.2. The van der Waals surface area contributed by atoms with Gasteiger partial charge in [-0.2, -0.15) is 0 Å². The molecular formula is C15H22N2O2. The highest BCUT2D eigenvalue weighted by atomic mass is 16.6. The minimum Gasteiger partial charge on any atom is -0.486 e. The average molecular weight is 262 g/mol. The Hall–Kier alpha value is -1.42. The summed E-state index contributed by atoms with van der Waals surface area (Å²) in [5.74, 6) is 1.72. The highest BCUT2D eigenvalue weighted by molar-refractivity contribution is 5.63. The molecule has 0 aliphatic carbocycles. The number of para-hydroxylation sites is 1. The first-order valence-electron chi connectivity index (χ1n) is 7.28. The van der Waals surface area contributed by atoms with E-state index in [0.717, 1.165) is 30.3 Å². The van der Waals surface area contributed by atoms with E-state index >= 15 is 0 Å².